The minimum Gasteiger partial charge on any atom is -0.474 e. The molecule has 1 N–H and O–H groups in total. The van der Waals surface area contributed by atoms with E-state index in [1.54, 1.807) is 6.20 Å². The summed E-state index contributed by atoms with van der Waals surface area (Å²) in [5.41, 5.74) is 0. The van der Waals surface area contributed by atoms with Gasteiger partial charge in [0.1, 0.15) is 19.0 Å². The average molecular weight is 274 g/mol. The van der Waals surface area contributed by atoms with E-state index in [1.165, 1.54) is 6.33 Å². The van der Waals surface area contributed by atoms with Crippen LogP contribution in [-0.2, 0) is 4.74 Å². The van der Waals surface area contributed by atoms with Gasteiger partial charge in [0.25, 0.3) is 0 Å². The fraction of sp³-hybridized carbons (Fsp3) is 0.556. The van der Waals surface area contributed by atoms with Crippen LogP contribution in [0.15, 0.2) is 17.0 Å². The van der Waals surface area contributed by atoms with E-state index in [2.05, 4.69) is 31.2 Å². The van der Waals surface area contributed by atoms with Crippen molar-refractivity contribution in [2.75, 3.05) is 26.3 Å². The molecule has 1 aromatic rings. The van der Waals surface area contributed by atoms with Crippen molar-refractivity contribution < 1.29 is 9.47 Å². The number of hydrogen-bond donors (Lipinski definition) is 1. The zero-order valence-corrected chi connectivity index (χ0v) is 9.74. The number of ether oxygens (including phenoxy) is 2. The van der Waals surface area contributed by atoms with E-state index < -0.39 is 0 Å². The second-order valence-electron chi connectivity index (χ2n) is 3.18. The number of nitrogens with one attached hydrogen (secondary N) is 1. The van der Waals surface area contributed by atoms with E-state index in [4.69, 9.17) is 9.47 Å². The maximum Gasteiger partial charge on any atom is 0.231 e. The lowest BCUT2D eigenvalue weighted by Gasteiger charge is -2.23. The lowest BCUT2D eigenvalue weighted by molar-refractivity contribution is -0.000943. The van der Waals surface area contributed by atoms with Gasteiger partial charge in [-0.3, -0.25) is 0 Å². The number of halogens is 1. The molecule has 1 aliphatic heterocycles. The van der Waals surface area contributed by atoms with Crippen LogP contribution in [0.3, 0.4) is 0 Å². The Hall–Kier alpha value is -0.720. The predicted molar refractivity (Wildman–Crippen MR) is 57.8 cm³/mol. The predicted octanol–water partition coefficient (Wildman–Crippen LogP) is 0.606. The highest BCUT2D eigenvalue weighted by molar-refractivity contribution is 9.10. The summed E-state index contributed by atoms with van der Waals surface area (Å²) in [7, 11) is 0. The topological polar surface area (TPSA) is 56.3 Å². The maximum atomic E-state index is 5.51. The van der Waals surface area contributed by atoms with Gasteiger partial charge in [-0.2, -0.15) is 0 Å². The summed E-state index contributed by atoms with van der Waals surface area (Å²) in [6, 6.07) is 0. The van der Waals surface area contributed by atoms with Crippen LogP contribution in [0, 0.1) is 0 Å². The maximum absolute atomic E-state index is 5.51. The molecule has 0 bridgehead atoms. The van der Waals surface area contributed by atoms with Gasteiger partial charge in [-0.1, -0.05) is 0 Å². The first kappa shape index (κ1) is 10.8. The van der Waals surface area contributed by atoms with Gasteiger partial charge >= 0.3 is 0 Å². The summed E-state index contributed by atoms with van der Waals surface area (Å²) in [6.07, 6.45) is 3.21. The van der Waals surface area contributed by atoms with Crippen LogP contribution in [0.2, 0.25) is 0 Å². The molecule has 0 aromatic carbocycles. The molecule has 0 saturated carbocycles. The molecular weight excluding hydrogens is 262 g/mol. The second kappa shape index (κ2) is 5.39. The lowest BCUT2D eigenvalue weighted by Crippen LogP contribution is -2.41. The summed E-state index contributed by atoms with van der Waals surface area (Å²) < 4.78 is 11.8. The molecular formula is C9H12BrN3O2. The van der Waals surface area contributed by atoms with Crippen LogP contribution in [-0.4, -0.2) is 42.4 Å². The monoisotopic (exact) mass is 273 g/mol. The molecule has 6 heteroatoms. The molecule has 15 heavy (non-hydrogen) atoms. The van der Waals surface area contributed by atoms with Crippen molar-refractivity contribution in [1.82, 2.24) is 15.3 Å². The van der Waals surface area contributed by atoms with E-state index in [1.807, 2.05) is 0 Å². The number of nitrogens with zero attached hydrogens (tertiary/aromatic N) is 2. The van der Waals surface area contributed by atoms with Crippen molar-refractivity contribution in [3.8, 4) is 5.88 Å². The van der Waals surface area contributed by atoms with Gasteiger partial charge in [-0.15, -0.1) is 0 Å². The summed E-state index contributed by atoms with van der Waals surface area (Å²) in [5, 5.41) is 3.24. The summed E-state index contributed by atoms with van der Waals surface area (Å²) in [5.74, 6) is 0.555. The van der Waals surface area contributed by atoms with Gasteiger partial charge in [-0.25, -0.2) is 9.97 Å². The molecule has 1 aliphatic rings. The smallest absolute Gasteiger partial charge is 0.231 e. The normalized spacial score (nSPS) is 21.3. The average Bonchev–Trinajstić information content (AvgIpc) is 2.29. The molecule has 1 fully saturated rings. The number of rotatable bonds is 3. The van der Waals surface area contributed by atoms with Crippen molar-refractivity contribution in [3.05, 3.63) is 17.0 Å². The summed E-state index contributed by atoms with van der Waals surface area (Å²) >= 11 is 3.31. The molecule has 2 heterocycles. The van der Waals surface area contributed by atoms with E-state index in [0.717, 1.165) is 24.2 Å². The van der Waals surface area contributed by atoms with Crippen LogP contribution in [0.25, 0.3) is 0 Å². The highest BCUT2D eigenvalue weighted by Gasteiger charge is 2.14. The number of aromatic nitrogens is 2. The lowest BCUT2D eigenvalue weighted by atomic mass is 10.3. The third kappa shape index (κ3) is 3.12. The Morgan fingerprint density at radius 1 is 1.67 bits per heavy atom. The third-order valence-corrected chi connectivity index (χ3v) is 2.59. The molecule has 0 amide bonds. The van der Waals surface area contributed by atoms with Crippen molar-refractivity contribution >= 4 is 15.9 Å². The Bertz CT molecular complexity index is 318. The minimum atomic E-state index is 0.0978. The highest BCUT2D eigenvalue weighted by atomic mass is 79.9. The Morgan fingerprint density at radius 3 is 3.33 bits per heavy atom. The number of hydrogen-bond acceptors (Lipinski definition) is 5. The van der Waals surface area contributed by atoms with Gasteiger partial charge < -0.3 is 14.8 Å². The molecule has 0 spiro atoms. The van der Waals surface area contributed by atoms with Crippen molar-refractivity contribution in [3.63, 3.8) is 0 Å². The molecule has 0 radical (unpaired) electrons. The Kier molecular flexibility index (Phi) is 3.87. The van der Waals surface area contributed by atoms with Crippen molar-refractivity contribution in [2.24, 2.45) is 0 Å². The van der Waals surface area contributed by atoms with Crippen molar-refractivity contribution in [2.45, 2.75) is 6.10 Å². The molecule has 82 valence electrons. The Morgan fingerprint density at radius 2 is 2.60 bits per heavy atom. The van der Waals surface area contributed by atoms with Gasteiger partial charge in [0.2, 0.25) is 5.88 Å². The SMILES string of the molecule is Brc1cncnc1OCC1CNCCO1. The largest absolute Gasteiger partial charge is 0.474 e. The van der Waals surface area contributed by atoms with E-state index >= 15 is 0 Å². The van der Waals surface area contributed by atoms with Crippen molar-refractivity contribution in [1.29, 1.82) is 0 Å². The molecule has 1 aromatic heterocycles. The van der Waals surface area contributed by atoms with E-state index in [9.17, 15) is 0 Å². The Labute approximate surface area is 96.3 Å². The first-order chi connectivity index (χ1) is 7.36. The number of morpholine rings is 1. The zero-order chi connectivity index (χ0) is 10.5. The zero-order valence-electron chi connectivity index (χ0n) is 8.15. The standard InChI is InChI=1S/C9H12BrN3O2/c10-8-4-12-6-13-9(8)15-5-7-3-11-1-2-14-7/h4,6-7,11H,1-3,5H2. The van der Waals surface area contributed by atoms with Crippen LogP contribution in [0.1, 0.15) is 0 Å². The minimum absolute atomic E-state index is 0.0978. The van der Waals surface area contributed by atoms with Gasteiger partial charge in [0, 0.05) is 19.3 Å². The van der Waals surface area contributed by atoms with Gasteiger partial charge in [-0.05, 0) is 15.9 Å². The second-order valence-corrected chi connectivity index (χ2v) is 4.04. The van der Waals surface area contributed by atoms with Crippen LogP contribution >= 0.6 is 15.9 Å². The van der Waals surface area contributed by atoms with Gasteiger partial charge in [0.15, 0.2) is 0 Å². The molecule has 1 unspecified atom stereocenters. The quantitative estimate of drug-likeness (QED) is 0.875. The van der Waals surface area contributed by atoms with Crippen LogP contribution in [0.4, 0.5) is 0 Å². The van der Waals surface area contributed by atoms with Crippen LogP contribution in [0.5, 0.6) is 5.88 Å². The molecule has 0 aliphatic carbocycles. The molecule has 2 rings (SSSR count). The highest BCUT2D eigenvalue weighted by Crippen LogP contribution is 2.19. The molecule has 1 saturated heterocycles. The first-order valence-electron chi connectivity index (χ1n) is 4.77. The summed E-state index contributed by atoms with van der Waals surface area (Å²) in [6.45, 7) is 2.97. The van der Waals surface area contributed by atoms with Gasteiger partial charge in [0.05, 0.1) is 11.1 Å². The van der Waals surface area contributed by atoms with E-state index in [0.29, 0.717) is 12.5 Å². The summed E-state index contributed by atoms with van der Waals surface area (Å²) in [4.78, 5) is 7.86. The molecule has 1 atom stereocenters. The van der Waals surface area contributed by atoms with E-state index in [-0.39, 0.29) is 6.10 Å². The third-order valence-electron chi connectivity index (χ3n) is 2.04. The first-order valence-corrected chi connectivity index (χ1v) is 5.56. The Balaban J connectivity index is 1.84. The van der Waals surface area contributed by atoms with Crippen LogP contribution < -0.4 is 10.1 Å². The fourth-order valence-electron chi connectivity index (χ4n) is 1.31. The fourth-order valence-corrected chi connectivity index (χ4v) is 1.64. The molecule has 5 nitrogen and oxygen atoms in total.